The van der Waals surface area contributed by atoms with Crippen LogP contribution in [0, 0.1) is 0 Å². The fourth-order valence-corrected chi connectivity index (χ4v) is 1.91. The van der Waals surface area contributed by atoms with Gasteiger partial charge in [0.2, 0.25) is 0 Å². The third kappa shape index (κ3) is 3.85. The van der Waals surface area contributed by atoms with E-state index in [9.17, 15) is 12.9 Å². The molecule has 1 aromatic carbocycles. The number of rotatable bonds is 2. The Hall–Kier alpha value is 0.671. The van der Waals surface area contributed by atoms with Gasteiger partial charge in [-0.3, -0.25) is 0 Å². The number of hydrogen-bond donors (Lipinski definition) is 0. The second-order valence-electron chi connectivity index (χ2n) is 3.75. The number of hydrogen-bond acceptors (Lipinski definition) is 1. The van der Waals surface area contributed by atoms with Gasteiger partial charge >= 0.3 is 58.4 Å². The number of halogens is 3. The van der Waals surface area contributed by atoms with E-state index in [2.05, 4.69) is 0 Å². The van der Waals surface area contributed by atoms with Crippen molar-refractivity contribution in [1.82, 2.24) is 0 Å². The van der Waals surface area contributed by atoms with Crippen LogP contribution in [-0.4, -0.2) is 13.6 Å². The van der Waals surface area contributed by atoms with Gasteiger partial charge < -0.3 is 17.7 Å². The Balaban J connectivity index is 0.00000128. The summed E-state index contributed by atoms with van der Waals surface area (Å²) in [4.78, 5) is 0. The SMILES string of the molecule is F[B-](F)(F)CC1OCCc2ccccc21.[K+]. The summed E-state index contributed by atoms with van der Waals surface area (Å²) in [5, 5.41) is 0. The summed E-state index contributed by atoms with van der Waals surface area (Å²) in [6, 6.07) is 7.19. The standard InChI is InChI=1S/C10H11BF3O.K/c12-11(13,14)7-10-9-4-2-1-3-8(9)5-6-15-10;/h1-4,10H,5-7H2;/q-1;+1. The Bertz CT molecular complexity index is 356. The molecule has 1 aliphatic rings. The van der Waals surface area contributed by atoms with Crippen molar-refractivity contribution in [3.8, 4) is 0 Å². The number of fused-ring (bicyclic) bond motifs is 1. The predicted octanol–water partition coefficient (Wildman–Crippen LogP) is 0.152. The Morgan fingerprint density at radius 3 is 2.62 bits per heavy atom. The van der Waals surface area contributed by atoms with Crippen LogP contribution in [0.25, 0.3) is 0 Å². The van der Waals surface area contributed by atoms with Crippen molar-refractivity contribution in [2.75, 3.05) is 6.61 Å². The van der Waals surface area contributed by atoms with E-state index >= 15 is 0 Å². The average molecular weight is 254 g/mol. The molecular weight excluding hydrogens is 243 g/mol. The maximum Gasteiger partial charge on any atom is 1.00 e. The first kappa shape index (κ1) is 14.7. The van der Waals surface area contributed by atoms with Crippen LogP contribution in [0.2, 0.25) is 6.32 Å². The summed E-state index contributed by atoms with van der Waals surface area (Å²) in [6.07, 6.45) is -0.927. The summed E-state index contributed by atoms with van der Waals surface area (Å²) in [7, 11) is 0. The molecule has 0 spiro atoms. The Morgan fingerprint density at radius 2 is 1.94 bits per heavy atom. The molecule has 0 saturated heterocycles. The molecule has 0 N–H and O–H groups in total. The molecule has 82 valence electrons. The molecular formula is C10H11BF3KO. The Morgan fingerprint density at radius 1 is 1.25 bits per heavy atom. The van der Waals surface area contributed by atoms with Gasteiger partial charge in [0.15, 0.2) is 0 Å². The van der Waals surface area contributed by atoms with Crippen LogP contribution in [0.15, 0.2) is 24.3 Å². The van der Waals surface area contributed by atoms with E-state index in [-0.39, 0.29) is 51.4 Å². The van der Waals surface area contributed by atoms with Gasteiger partial charge in [-0.1, -0.05) is 30.6 Å². The van der Waals surface area contributed by atoms with E-state index < -0.39 is 19.4 Å². The zero-order chi connectivity index (χ0) is 10.9. The van der Waals surface area contributed by atoms with Crippen LogP contribution < -0.4 is 51.4 Å². The second kappa shape index (κ2) is 6.02. The summed E-state index contributed by atoms with van der Waals surface area (Å²) in [6.45, 7) is -4.40. The van der Waals surface area contributed by atoms with Gasteiger partial charge in [0.05, 0.1) is 12.7 Å². The Kier molecular flexibility index (Phi) is 5.54. The van der Waals surface area contributed by atoms with E-state index in [1.807, 2.05) is 12.1 Å². The van der Waals surface area contributed by atoms with Gasteiger partial charge in [0, 0.05) is 0 Å². The number of benzene rings is 1. The molecule has 1 heterocycles. The monoisotopic (exact) mass is 254 g/mol. The van der Waals surface area contributed by atoms with Crippen LogP contribution in [0.4, 0.5) is 12.9 Å². The van der Waals surface area contributed by atoms with Crippen LogP contribution in [0.1, 0.15) is 17.2 Å². The van der Waals surface area contributed by atoms with Gasteiger partial charge in [-0.2, -0.15) is 0 Å². The largest absolute Gasteiger partial charge is 1.00 e. The maximum absolute atomic E-state index is 12.3. The molecule has 2 rings (SSSR count). The van der Waals surface area contributed by atoms with Crippen LogP contribution in [0.3, 0.4) is 0 Å². The molecule has 0 bridgehead atoms. The molecule has 6 heteroatoms. The predicted molar refractivity (Wildman–Crippen MR) is 52.7 cm³/mol. The first-order valence-corrected chi connectivity index (χ1v) is 4.97. The van der Waals surface area contributed by atoms with Crippen molar-refractivity contribution in [2.24, 2.45) is 0 Å². The number of ether oxygens (including phenoxy) is 1. The van der Waals surface area contributed by atoms with Gasteiger partial charge in [-0.25, -0.2) is 0 Å². The maximum atomic E-state index is 12.3. The van der Waals surface area contributed by atoms with Crippen molar-refractivity contribution < 1.29 is 69.1 Å². The van der Waals surface area contributed by atoms with Crippen LogP contribution in [0.5, 0.6) is 0 Å². The Labute approximate surface area is 135 Å². The smallest absolute Gasteiger partial charge is 0.449 e. The third-order valence-corrected chi connectivity index (χ3v) is 2.57. The van der Waals surface area contributed by atoms with E-state index in [0.29, 0.717) is 18.6 Å². The minimum absolute atomic E-state index is 0. The normalized spacial score (nSPS) is 19.8. The summed E-state index contributed by atoms with van der Waals surface area (Å²) < 4.78 is 42.1. The molecule has 1 unspecified atom stereocenters. The molecule has 1 aliphatic heterocycles. The molecule has 1 atom stereocenters. The van der Waals surface area contributed by atoms with Gasteiger partial charge in [0.25, 0.3) is 0 Å². The summed E-state index contributed by atoms with van der Waals surface area (Å²) in [5.74, 6) is 0. The molecule has 0 aliphatic carbocycles. The fourth-order valence-electron chi connectivity index (χ4n) is 1.91. The first-order valence-electron chi connectivity index (χ1n) is 4.97. The van der Waals surface area contributed by atoms with E-state index in [1.165, 1.54) is 0 Å². The van der Waals surface area contributed by atoms with Crippen molar-refractivity contribution >= 4 is 6.98 Å². The zero-order valence-corrected chi connectivity index (χ0v) is 12.3. The topological polar surface area (TPSA) is 9.23 Å². The quantitative estimate of drug-likeness (QED) is 0.683. The van der Waals surface area contributed by atoms with E-state index in [0.717, 1.165) is 5.56 Å². The van der Waals surface area contributed by atoms with Crippen LogP contribution in [-0.2, 0) is 11.2 Å². The fraction of sp³-hybridized carbons (Fsp3) is 0.400. The molecule has 0 fully saturated rings. The van der Waals surface area contributed by atoms with E-state index in [1.54, 1.807) is 12.1 Å². The van der Waals surface area contributed by atoms with E-state index in [4.69, 9.17) is 4.74 Å². The van der Waals surface area contributed by atoms with Crippen molar-refractivity contribution in [2.45, 2.75) is 18.8 Å². The molecule has 0 saturated carbocycles. The van der Waals surface area contributed by atoms with Gasteiger partial charge in [0.1, 0.15) is 0 Å². The van der Waals surface area contributed by atoms with Gasteiger partial charge in [-0.05, 0) is 17.5 Å². The molecule has 0 amide bonds. The molecule has 1 aromatic rings. The summed E-state index contributed by atoms with van der Waals surface area (Å²) >= 11 is 0. The average Bonchev–Trinajstić information content (AvgIpc) is 2.16. The summed E-state index contributed by atoms with van der Waals surface area (Å²) in [5.41, 5.74) is 1.68. The third-order valence-electron chi connectivity index (χ3n) is 2.57. The van der Waals surface area contributed by atoms with Crippen molar-refractivity contribution in [1.29, 1.82) is 0 Å². The second-order valence-corrected chi connectivity index (χ2v) is 3.75. The molecule has 0 radical (unpaired) electrons. The van der Waals surface area contributed by atoms with Crippen LogP contribution >= 0.6 is 0 Å². The molecule has 16 heavy (non-hydrogen) atoms. The molecule has 0 aromatic heterocycles. The van der Waals surface area contributed by atoms with Gasteiger partial charge in [-0.15, -0.1) is 0 Å². The first-order chi connectivity index (χ1) is 7.06. The minimum atomic E-state index is -4.79. The van der Waals surface area contributed by atoms with Crippen molar-refractivity contribution in [3.05, 3.63) is 35.4 Å². The van der Waals surface area contributed by atoms with Crippen molar-refractivity contribution in [3.63, 3.8) is 0 Å². The minimum Gasteiger partial charge on any atom is -0.449 e. The molecule has 1 nitrogen and oxygen atoms in total. The zero-order valence-electron chi connectivity index (χ0n) is 9.13.